The van der Waals surface area contributed by atoms with Crippen LogP contribution in [-0.4, -0.2) is 30.3 Å². The van der Waals surface area contributed by atoms with Gasteiger partial charge < -0.3 is 14.3 Å². The lowest BCUT2D eigenvalue weighted by Gasteiger charge is -2.26. The number of halogens is 2. The molecule has 0 radical (unpaired) electrons. The zero-order valence-corrected chi connectivity index (χ0v) is 23.6. The molecule has 1 heterocycles. The van der Waals surface area contributed by atoms with Crippen molar-refractivity contribution in [1.29, 1.82) is 0 Å². The number of aliphatic hydroxyl groups excluding tert-OH is 1. The molecule has 1 aromatic heterocycles. The highest BCUT2D eigenvalue weighted by Crippen LogP contribution is 2.36. The van der Waals surface area contributed by atoms with Crippen LogP contribution in [0, 0.1) is 19.7 Å². The van der Waals surface area contributed by atoms with E-state index in [9.17, 15) is 18.3 Å². The molecule has 0 saturated carbocycles. The fourth-order valence-electron chi connectivity index (χ4n) is 4.53. The first kappa shape index (κ1) is 29.6. The average Bonchev–Trinajstić information content (AvgIpc) is 3.36. The summed E-state index contributed by atoms with van der Waals surface area (Å²) < 4.78 is 56.3. The van der Waals surface area contributed by atoms with Crippen LogP contribution in [0.4, 0.5) is 4.39 Å². The molecule has 4 aromatic rings. The number of rotatable bonds is 11. The lowest BCUT2D eigenvalue weighted by atomic mass is 9.88. The fraction of sp³-hybridized carbons (Fsp3) is 0.286. The number of aromatic nitrogens is 2. The van der Waals surface area contributed by atoms with E-state index in [1.807, 2.05) is 37.3 Å². The van der Waals surface area contributed by atoms with E-state index in [0.717, 1.165) is 11.1 Å². The number of benzene rings is 3. The van der Waals surface area contributed by atoms with Crippen molar-refractivity contribution in [2.75, 3.05) is 6.61 Å². The Balaban J connectivity index is 1.74. The van der Waals surface area contributed by atoms with Gasteiger partial charge in [-0.2, -0.15) is 4.72 Å². The van der Waals surface area contributed by atoms with Crippen molar-refractivity contribution in [1.82, 2.24) is 14.9 Å². The van der Waals surface area contributed by atoms with Crippen molar-refractivity contribution in [3.8, 4) is 0 Å². The van der Waals surface area contributed by atoms with E-state index in [2.05, 4.69) is 14.9 Å². The topological polar surface area (TPSA) is 135 Å². The standard InChI is InChI=1S/C28H29ClFN3O6S/c1-16-9-11-22(30)25(17(16)2)18(3)26(27-31-32-28(35)39-27)33-40(36,37)24-12-10-20(29)13-21(24)23(14-34)38-15-19-7-5-4-6-8-19/h4-13,18,23,26,33-34H,14-15H2,1-3H3,(H,32,35)/t18?,23?,26-/m0/s1. The van der Waals surface area contributed by atoms with Gasteiger partial charge >= 0.3 is 5.76 Å². The monoisotopic (exact) mass is 589 g/mol. The Labute approximate surface area is 236 Å². The molecular weight excluding hydrogens is 561 g/mol. The number of nitrogens with zero attached hydrogens (tertiary/aromatic N) is 1. The largest absolute Gasteiger partial charge is 0.434 e. The van der Waals surface area contributed by atoms with Crippen LogP contribution in [-0.2, 0) is 21.4 Å². The second-order valence-electron chi connectivity index (χ2n) is 9.39. The van der Waals surface area contributed by atoms with Crippen molar-refractivity contribution in [2.24, 2.45) is 0 Å². The Morgan fingerprint density at radius 2 is 1.88 bits per heavy atom. The van der Waals surface area contributed by atoms with E-state index < -0.39 is 46.3 Å². The molecule has 4 rings (SSSR count). The van der Waals surface area contributed by atoms with Crippen LogP contribution < -0.4 is 10.5 Å². The summed E-state index contributed by atoms with van der Waals surface area (Å²) in [5.41, 5.74) is 2.61. The minimum Gasteiger partial charge on any atom is -0.393 e. The van der Waals surface area contributed by atoms with Crippen molar-refractivity contribution < 1.29 is 27.1 Å². The van der Waals surface area contributed by atoms with Gasteiger partial charge in [-0.3, -0.25) is 0 Å². The second kappa shape index (κ2) is 12.4. The number of hydrogen-bond donors (Lipinski definition) is 3. The van der Waals surface area contributed by atoms with E-state index in [1.54, 1.807) is 19.9 Å². The molecule has 0 aliphatic heterocycles. The summed E-state index contributed by atoms with van der Waals surface area (Å²) in [6.07, 6.45) is -1.04. The molecule has 0 fully saturated rings. The Bertz CT molecular complexity index is 1640. The smallest absolute Gasteiger partial charge is 0.393 e. The lowest BCUT2D eigenvalue weighted by molar-refractivity contribution is -0.000516. The van der Waals surface area contributed by atoms with Gasteiger partial charge in [-0.1, -0.05) is 54.9 Å². The van der Waals surface area contributed by atoms with Gasteiger partial charge in [0.2, 0.25) is 15.9 Å². The fourth-order valence-corrected chi connectivity index (χ4v) is 6.22. The molecule has 2 unspecified atom stereocenters. The highest BCUT2D eigenvalue weighted by molar-refractivity contribution is 7.89. The molecule has 3 aromatic carbocycles. The normalized spacial score (nSPS) is 14.2. The first-order valence-corrected chi connectivity index (χ1v) is 14.3. The Morgan fingerprint density at radius 3 is 2.52 bits per heavy atom. The zero-order chi connectivity index (χ0) is 29.0. The van der Waals surface area contributed by atoms with Crippen LogP contribution in [0.2, 0.25) is 5.02 Å². The molecule has 3 atom stereocenters. The number of nitrogens with one attached hydrogen (secondary N) is 2. The van der Waals surface area contributed by atoms with Gasteiger partial charge in [0.1, 0.15) is 18.0 Å². The number of sulfonamides is 1. The maximum Gasteiger partial charge on any atom is 0.434 e. The van der Waals surface area contributed by atoms with Crippen molar-refractivity contribution in [2.45, 2.75) is 50.3 Å². The van der Waals surface area contributed by atoms with Crippen LogP contribution in [0.5, 0.6) is 0 Å². The molecule has 0 aliphatic rings. The summed E-state index contributed by atoms with van der Waals surface area (Å²) in [7, 11) is -4.41. The van der Waals surface area contributed by atoms with E-state index in [0.29, 0.717) is 5.56 Å². The Hall–Kier alpha value is -3.35. The van der Waals surface area contributed by atoms with Gasteiger partial charge in [0.25, 0.3) is 0 Å². The first-order chi connectivity index (χ1) is 19.0. The van der Waals surface area contributed by atoms with Gasteiger partial charge in [0, 0.05) is 16.5 Å². The Morgan fingerprint density at radius 1 is 1.15 bits per heavy atom. The van der Waals surface area contributed by atoms with E-state index in [4.69, 9.17) is 20.8 Å². The molecule has 12 heteroatoms. The van der Waals surface area contributed by atoms with Crippen molar-refractivity contribution in [3.63, 3.8) is 0 Å². The number of aromatic amines is 1. The predicted molar refractivity (Wildman–Crippen MR) is 147 cm³/mol. The average molecular weight is 590 g/mol. The molecule has 0 amide bonds. The Kier molecular flexibility index (Phi) is 9.22. The highest BCUT2D eigenvalue weighted by atomic mass is 35.5. The zero-order valence-electron chi connectivity index (χ0n) is 22.0. The minimum absolute atomic E-state index is 0.107. The van der Waals surface area contributed by atoms with Crippen LogP contribution in [0.1, 0.15) is 58.7 Å². The molecule has 0 spiro atoms. The maximum atomic E-state index is 15.0. The van der Waals surface area contributed by atoms with Gasteiger partial charge in [-0.15, -0.1) is 5.10 Å². The first-order valence-electron chi connectivity index (χ1n) is 12.4. The van der Waals surface area contributed by atoms with Gasteiger partial charge in [-0.05, 0) is 60.4 Å². The summed E-state index contributed by atoms with van der Waals surface area (Å²) in [4.78, 5) is 11.6. The molecule has 9 nitrogen and oxygen atoms in total. The van der Waals surface area contributed by atoms with Crippen LogP contribution in [0.3, 0.4) is 0 Å². The van der Waals surface area contributed by atoms with Crippen molar-refractivity contribution >= 4 is 21.6 Å². The van der Waals surface area contributed by atoms with Gasteiger partial charge in [-0.25, -0.2) is 22.7 Å². The summed E-state index contributed by atoms with van der Waals surface area (Å²) in [5.74, 6) is -2.55. The van der Waals surface area contributed by atoms with Crippen LogP contribution >= 0.6 is 11.6 Å². The maximum absolute atomic E-state index is 15.0. The van der Waals surface area contributed by atoms with Crippen molar-refractivity contribution in [3.05, 3.63) is 116 Å². The molecule has 3 N–H and O–H groups in total. The molecule has 0 bridgehead atoms. The quantitative estimate of drug-likeness (QED) is 0.228. The third-order valence-corrected chi connectivity index (χ3v) is 8.51. The van der Waals surface area contributed by atoms with Crippen LogP contribution in [0.25, 0.3) is 0 Å². The number of aliphatic hydroxyl groups is 1. The number of ether oxygens (including phenoxy) is 1. The predicted octanol–water partition coefficient (Wildman–Crippen LogP) is 4.85. The van der Waals surface area contributed by atoms with Gasteiger partial charge in [0.05, 0.1) is 18.1 Å². The molecule has 0 aliphatic carbocycles. The summed E-state index contributed by atoms with van der Waals surface area (Å²) in [6, 6.07) is 14.9. The summed E-state index contributed by atoms with van der Waals surface area (Å²) >= 11 is 6.21. The highest BCUT2D eigenvalue weighted by Gasteiger charge is 2.35. The minimum atomic E-state index is -4.41. The summed E-state index contributed by atoms with van der Waals surface area (Å²) in [5, 5.41) is 16.3. The third-order valence-electron chi connectivity index (χ3n) is 6.76. The molecule has 212 valence electrons. The molecular formula is C28H29ClFN3O6S. The SMILES string of the molecule is Cc1ccc(F)c(C(C)[C@H](NS(=O)(=O)c2ccc(Cl)cc2C(CO)OCc2ccccc2)c2n[nH]c(=O)o2)c1C. The number of H-pyrrole nitrogens is 1. The summed E-state index contributed by atoms with van der Waals surface area (Å²) in [6.45, 7) is 4.72. The molecule has 40 heavy (non-hydrogen) atoms. The van der Waals surface area contributed by atoms with Crippen LogP contribution in [0.15, 0.2) is 74.8 Å². The van der Waals surface area contributed by atoms with E-state index >= 15 is 4.39 Å². The number of aryl methyl sites for hydroxylation is 1. The van der Waals surface area contributed by atoms with E-state index in [-0.39, 0.29) is 33.5 Å². The lowest BCUT2D eigenvalue weighted by Crippen LogP contribution is -2.34. The third kappa shape index (κ3) is 6.51. The number of hydrogen-bond acceptors (Lipinski definition) is 7. The second-order valence-corrected chi connectivity index (χ2v) is 11.5. The van der Waals surface area contributed by atoms with E-state index in [1.165, 1.54) is 24.3 Å². The molecule has 0 saturated heterocycles. The van der Waals surface area contributed by atoms with Gasteiger partial charge in [0.15, 0.2) is 0 Å².